The van der Waals surface area contributed by atoms with Crippen molar-refractivity contribution >= 4 is 37.5 Å². The molecule has 0 fully saturated rings. The molecule has 5 rings (SSSR count). The highest BCUT2D eigenvalue weighted by Gasteiger charge is 2.15. The average Bonchev–Trinajstić information content (AvgIpc) is 3.17. The van der Waals surface area contributed by atoms with Gasteiger partial charge in [-0.1, -0.05) is 11.3 Å². The molecule has 3 aromatic heterocycles. The Hall–Kier alpha value is -3.19. The number of nitrogens with zero attached hydrogens (tertiary/aromatic N) is 2. The number of hydrogen-bond acceptors (Lipinski definition) is 5. The SMILES string of the molecule is COc1ccc2oc(=O)c(-c3cn4c(n3)sc3cc(F)ccc34)cc2c1. The van der Waals surface area contributed by atoms with E-state index in [9.17, 15) is 9.18 Å². The van der Waals surface area contributed by atoms with Crippen molar-refractivity contribution in [3.8, 4) is 17.0 Å². The predicted octanol–water partition coefficient (Wildman–Crippen LogP) is 4.47. The molecule has 0 aliphatic heterocycles. The van der Waals surface area contributed by atoms with Gasteiger partial charge in [-0.25, -0.2) is 14.2 Å². The first kappa shape index (κ1) is 15.1. The van der Waals surface area contributed by atoms with Crippen LogP contribution in [-0.4, -0.2) is 16.5 Å². The van der Waals surface area contributed by atoms with Gasteiger partial charge < -0.3 is 9.15 Å². The highest BCUT2D eigenvalue weighted by atomic mass is 32.1. The maximum Gasteiger partial charge on any atom is 0.345 e. The van der Waals surface area contributed by atoms with Crippen LogP contribution in [-0.2, 0) is 0 Å². The zero-order chi connectivity index (χ0) is 17.8. The van der Waals surface area contributed by atoms with Crippen molar-refractivity contribution in [2.24, 2.45) is 0 Å². The smallest absolute Gasteiger partial charge is 0.345 e. The molecule has 0 aliphatic rings. The van der Waals surface area contributed by atoms with Gasteiger partial charge in [-0.3, -0.25) is 4.40 Å². The summed E-state index contributed by atoms with van der Waals surface area (Å²) in [6.07, 6.45) is 1.77. The second-order valence-electron chi connectivity index (χ2n) is 5.84. The molecule has 0 saturated heterocycles. The lowest BCUT2D eigenvalue weighted by molar-refractivity contribution is 0.415. The predicted molar refractivity (Wildman–Crippen MR) is 98.6 cm³/mol. The fraction of sp³-hybridized carbons (Fsp3) is 0.0526. The molecule has 3 heterocycles. The van der Waals surface area contributed by atoms with Gasteiger partial charge >= 0.3 is 5.63 Å². The monoisotopic (exact) mass is 366 g/mol. The summed E-state index contributed by atoms with van der Waals surface area (Å²) in [6.45, 7) is 0. The first-order chi connectivity index (χ1) is 12.6. The first-order valence-corrected chi connectivity index (χ1v) is 8.63. The lowest BCUT2D eigenvalue weighted by Crippen LogP contribution is -2.02. The van der Waals surface area contributed by atoms with E-state index in [-0.39, 0.29) is 5.82 Å². The van der Waals surface area contributed by atoms with Crippen LogP contribution in [0.4, 0.5) is 4.39 Å². The topological polar surface area (TPSA) is 56.7 Å². The molecule has 128 valence electrons. The molecule has 0 atom stereocenters. The minimum absolute atomic E-state index is 0.286. The summed E-state index contributed by atoms with van der Waals surface area (Å²) in [5.74, 6) is 0.391. The van der Waals surface area contributed by atoms with Gasteiger partial charge in [0.05, 0.1) is 28.6 Å². The number of benzene rings is 2. The van der Waals surface area contributed by atoms with Crippen LogP contribution in [0.3, 0.4) is 0 Å². The lowest BCUT2D eigenvalue weighted by Gasteiger charge is -2.02. The van der Waals surface area contributed by atoms with Crippen LogP contribution >= 0.6 is 11.3 Å². The van der Waals surface area contributed by atoms with Gasteiger partial charge in [0.15, 0.2) is 4.96 Å². The summed E-state index contributed by atoms with van der Waals surface area (Å²) < 4.78 is 26.7. The Balaban J connectivity index is 1.73. The number of imidazole rings is 1. The van der Waals surface area contributed by atoms with Gasteiger partial charge in [-0.15, -0.1) is 0 Å². The van der Waals surface area contributed by atoms with Crippen molar-refractivity contribution < 1.29 is 13.5 Å². The maximum atomic E-state index is 13.4. The third kappa shape index (κ3) is 2.21. The second-order valence-corrected chi connectivity index (χ2v) is 6.85. The Labute approximate surface area is 149 Å². The Bertz CT molecular complexity index is 1370. The number of methoxy groups -OCH3 is 1. The molecule has 0 amide bonds. The first-order valence-electron chi connectivity index (χ1n) is 7.82. The summed E-state index contributed by atoms with van der Waals surface area (Å²) in [5.41, 5.74) is 1.76. The highest BCUT2D eigenvalue weighted by Crippen LogP contribution is 2.30. The van der Waals surface area contributed by atoms with Gasteiger partial charge in [0, 0.05) is 11.6 Å². The van der Waals surface area contributed by atoms with Gasteiger partial charge in [0.25, 0.3) is 0 Å². The molecule has 5 nitrogen and oxygen atoms in total. The molecular weight excluding hydrogens is 355 g/mol. The van der Waals surface area contributed by atoms with Gasteiger partial charge in [-0.2, -0.15) is 0 Å². The fourth-order valence-corrected chi connectivity index (χ4v) is 4.04. The van der Waals surface area contributed by atoms with Gasteiger partial charge in [-0.05, 0) is 42.5 Å². The van der Waals surface area contributed by atoms with Gasteiger partial charge in [0.2, 0.25) is 0 Å². The number of halogens is 1. The largest absolute Gasteiger partial charge is 0.497 e. The number of aromatic nitrogens is 2. The fourth-order valence-electron chi connectivity index (χ4n) is 3.01. The van der Waals surface area contributed by atoms with E-state index in [0.717, 1.165) is 15.6 Å². The van der Waals surface area contributed by atoms with Crippen LogP contribution in [0.25, 0.3) is 37.4 Å². The molecule has 5 aromatic rings. The number of thiazole rings is 1. The number of fused-ring (bicyclic) bond motifs is 4. The van der Waals surface area contributed by atoms with Crippen molar-refractivity contribution in [3.05, 3.63) is 64.9 Å². The summed E-state index contributed by atoms with van der Waals surface area (Å²) in [7, 11) is 1.58. The van der Waals surface area contributed by atoms with E-state index >= 15 is 0 Å². The Morgan fingerprint density at radius 1 is 1.19 bits per heavy atom. The standard InChI is InChI=1S/C19H11FN2O3S/c1-24-12-3-5-16-10(6-12)7-13(18(23)25-16)14-9-22-15-4-2-11(20)8-17(15)26-19(22)21-14/h2-9H,1H3. The number of hydrogen-bond donors (Lipinski definition) is 0. The highest BCUT2D eigenvalue weighted by molar-refractivity contribution is 7.23. The van der Waals surface area contributed by atoms with Crippen LogP contribution in [0.1, 0.15) is 0 Å². The maximum absolute atomic E-state index is 13.4. The molecular formula is C19H11FN2O3S. The molecule has 0 unspecified atom stereocenters. The average molecular weight is 366 g/mol. The van der Waals surface area contributed by atoms with E-state index in [1.54, 1.807) is 43.6 Å². The van der Waals surface area contributed by atoms with E-state index in [1.807, 2.05) is 4.40 Å². The van der Waals surface area contributed by atoms with Crippen molar-refractivity contribution in [2.45, 2.75) is 0 Å². The molecule has 7 heteroatoms. The van der Waals surface area contributed by atoms with E-state index in [1.165, 1.54) is 23.5 Å². The number of ether oxygens (including phenoxy) is 1. The number of rotatable bonds is 2. The van der Waals surface area contributed by atoms with Gasteiger partial charge in [0.1, 0.15) is 17.1 Å². The molecule has 0 spiro atoms. The summed E-state index contributed by atoms with van der Waals surface area (Å²) in [4.78, 5) is 17.6. The third-order valence-electron chi connectivity index (χ3n) is 4.27. The van der Waals surface area contributed by atoms with Crippen molar-refractivity contribution in [3.63, 3.8) is 0 Å². The molecule has 2 aromatic carbocycles. The van der Waals surface area contributed by atoms with Crippen molar-refractivity contribution in [1.82, 2.24) is 9.38 Å². The zero-order valence-corrected chi connectivity index (χ0v) is 14.3. The van der Waals surface area contributed by atoms with E-state index in [4.69, 9.17) is 9.15 Å². The van der Waals surface area contributed by atoms with Crippen molar-refractivity contribution in [2.75, 3.05) is 7.11 Å². The Morgan fingerprint density at radius 3 is 2.92 bits per heavy atom. The molecule has 0 aliphatic carbocycles. The minimum atomic E-state index is -0.455. The van der Waals surface area contributed by atoms with Crippen LogP contribution in [0.15, 0.2) is 57.9 Å². The van der Waals surface area contributed by atoms with E-state index in [0.29, 0.717) is 27.6 Å². The van der Waals surface area contributed by atoms with Crippen LogP contribution < -0.4 is 10.4 Å². The summed E-state index contributed by atoms with van der Waals surface area (Å²) >= 11 is 1.37. The van der Waals surface area contributed by atoms with Crippen LogP contribution in [0.2, 0.25) is 0 Å². The van der Waals surface area contributed by atoms with Crippen LogP contribution in [0, 0.1) is 5.82 Å². The Kier molecular flexibility index (Phi) is 3.14. The molecule has 26 heavy (non-hydrogen) atoms. The van der Waals surface area contributed by atoms with Crippen molar-refractivity contribution in [1.29, 1.82) is 0 Å². The van der Waals surface area contributed by atoms with Crippen LogP contribution in [0.5, 0.6) is 5.75 Å². The van der Waals surface area contributed by atoms with E-state index < -0.39 is 5.63 Å². The quantitative estimate of drug-likeness (QED) is 0.433. The Morgan fingerprint density at radius 2 is 2.08 bits per heavy atom. The van der Waals surface area contributed by atoms with E-state index in [2.05, 4.69) is 4.98 Å². The molecule has 0 saturated carbocycles. The normalized spacial score (nSPS) is 11.6. The third-order valence-corrected chi connectivity index (χ3v) is 5.29. The molecule has 0 bridgehead atoms. The summed E-state index contributed by atoms with van der Waals surface area (Å²) in [6, 6.07) is 11.6. The molecule has 0 radical (unpaired) electrons. The molecule has 0 N–H and O–H groups in total. The second kappa shape index (κ2) is 5.40. The minimum Gasteiger partial charge on any atom is -0.497 e. The zero-order valence-electron chi connectivity index (χ0n) is 13.5. The lowest BCUT2D eigenvalue weighted by atomic mass is 10.1. The summed E-state index contributed by atoms with van der Waals surface area (Å²) in [5, 5.41) is 0.752.